The second-order valence-electron chi connectivity index (χ2n) is 3.82. The summed E-state index contributed by atoms with van der Waals surface area (Å²) in [4.78, 5) is 11.8. The van der Waals surface area contributed by atoms with Crippen molar-refractivity contribution in [3.8, 4) is 0 Å². The second-order valence-corrected chi connectivity index (χ2v) is 4.76. The van der Waals surface area contributed by atoms with Crippen LogP contribution in [0.25, 0.3) is 0 Å². The molecule has 6 heteroatoms. The Morgan fingerprint density at radius 3 is 2.87 bits per heavy atom. The third-order valence-corrected chi connectivity index (χ3v) is 3.77. The summed E-state index contributed by atoms with van der Waals surface area (Å²) in [6.45, 7) is 0. The van der Waals surface area contributed by atoms with Gasteiger partial charge < -0.3 is 0 Å². The van der Waals surface area contributed by atoms with Crippen molar-refractivity contribution in [3.05, 3.63) is 0 Å². The Bertz CT molecular complexity index is 346. The molecule has 0 radical (unpaired) electrons. The fraction of sp³-hybridized carbons (Fsp3) is 0.778. The molecule has 2 rings (SSSR count). The highest BCUT2D eigenvalue weighted by atomic mass is 32.2. The van der Waals surface area contributed by atoms with Gasteiger partial charge in [-0.3, -0.25) is 4.79 Å². The maximum atomic E-state index is 11.8. The van der Waals surface area contributed by atoms with Crippen molar-refractivity contribution >= 4 is 17.5 Å². The zero-order valence-corrected chi connectivity index (χ0v) is 9.53. The fourth-order valence-corrected chi connectivity index (χ4v) is 2.67. The molecule has 82 valence electrons. The molecule has 1 aromatic heterocycles. The molecule has 0 N–H and O–H groups in total. The Morgan fingerprint density at radius 1 is 1.53 bits per heavy atom. The van der Waals surface area contributed by atoms with E-state index in [9.17, 15) is 4.79 Å². The first-order valence-corrected chi connectivity index (χ1v) is 6.14. The molecular weight excluding hydrogens is 212 g/mol. The predicted molar refractivity (Wildman–Crippen MR) is 56.5 cm³/mol. The lowest BCUT2D eigenvalue weighted by Gasteiger charge is -2.05. The largest absolute Gasteiger partial charge is 0.298 e. The van der Waals surface area contributed by atoms with Gasteiger partial charge in [0.15, 0.2) is 0 Å². The highest BCUT2D eigenvalue weighted by Gasteiger charge is 2.22. The zero-order valence-electron chi connectivity index (χ0n) is 8.72. The number of carbonyl (C=O) groups is 1. The summed E-state index contributed by atoms with van der Waals surface area (Å²) in [5.41, 5.74) is 0. The molecule has 15 heavy (non-hydrogen) atoms. The number of thioether (sulfide) groups is 1. The molecular formula is C9H14N4OS. The van der Waals surface area contributed by atoms with Crippen LogP contribution in [0, 0.1) is 5.92 Å². The smallest absolute Gasteiger partial charge is 0.209 e. The van der Waals surface area contributed by atoms with Crippen molar-refractivity contribution in [2.45, 2.75) is 30.8 Å². The Balaban J connectivity index is 1.83. The third-order valence-electron chi connectivity index (χ3n) is 2.74. The fourth-order valence-electron chi connectivity index (χ4n) is 1.84. The topological polar surface area (TPSA) is 60.7 Å². The minimum Gasteiger partial charge on any atom is -0.298 e. The molecule has 1 fully saturated rings. The molecule has 1 aromatic rings. The molecule has 0 saturated heterocycles. The first-order valence-electron chi connectivity index (χ1n) is 5.15. The number of carbonyl (C=O) groups excluding carboxylic acids is 1. The number of aryl methyl sites for hydroxylation is 1. The average molecular weight is 226 g/mol. The van der Waals surface area contributed by atoms with E-state index in [0.717, 1.165) is 12.8 Å². The Labute approximate surface area is 92.6 Å². The van der Waals surface area contributed by atoms with Gasteiger partial charge in [-0.05, 0) is 23.3 Å². The molecule has 0 aliphatic heterocycles. The first kappa shape index (κ1) is 10.6. The normalized spacial score (nSPS) is 17.1. The van der Waals surface area contributed by atoms with Crippen LogP contribution in [0.4, 0.5) is 0 Å². The number of ketones is 1. The van der Waals surface area contributed by atoms with Crippen LogP contribution in [-0.4, -0.2) is 31.7 Å². The van der Waals surface area contributed by atoms with Gasteiger partial charge in [0, 0.05) is 13.0 Å². The predicted octanol–water partition coefficient (Wildman–Crippen LogP) is 1.06. The van der Waals surface area contributed by atoms with Crippen molar-refractivity contribution in [2.24, 2.45) is 13.0 Å². The molecule has 1 aliphatic rings. The minimum absolute atomic E-state index is 0.290. The SMILES string of the molecule is Cn1nnnc1SCC(=O)C1CCCC1. The van der Waals surface area contributed by atoms with Gasteiger partial charge in [0.25, 0.3) is 0 Å². The number of rotatable bonds is 4. The van der Waals surface area contributed by atoms with Gasteiger partial charge in [0.1, 0.15) is 5.78 Å². The van der Waals surface area contributed by atoms with Gasteiger partial charge in [0.05, 0.1) is 5.75 Å². The number of aromatic nitrogens is 4. The van der Waals surface area contributed by atoms with Gasteiger partial charge in [-0.1, -0.05) is 24.6 Å². The molecule has 5 nitrogen and oxygen atoms in total. The quantitative estimate of drug-likeness (QED) is 0.718. The van der Waals surface area contributed by atoms with Crippen LogP contribution < -0.4 is 0 Å². The Hall–Kier alpha value is -0.910. The minimum atomic E-state index is 0.290. The van der Waals surface area contributed by atoms with Crippen LogP contribution in [0.1, 0.15) is 25.7 Å². The summed E-state index contributed by atoms with van der Waals surface area (Å²) in [5, 5.41) is 11.8. The Morgan fingerprint density at radius 2 is 2.27 bits per heavy atom. The van der Waals surface area contributed by atoms with Gasteiger partial charge in [-0.25, -0.2) is 4.68 Å². The van der Waals surface area contributed by atoms with E-state index in [1.54, 1.807) is 11.7 Å². The van der Waals surface area contributed by atoms with Gasteiger partial charge >= 0.3 is 0 Å². The van der Waals surface area contributed by atoms with Gasteiger partial charge in [-0.2, -0.15) is 0 Å². The van der Waals surface area contributed by atoms with Crippen LogP contribution in [0.2, 0.25) is 0 Å². The molecule has 1 aliphatic carbocycles. The number of nitrogens with zero attached hydrogens (tertiary/aromatic N) is 4. The lowest BCUT2D eigenvalue weighted by atomic mass is 10.0. The number of tetrazole rings is 1. The van der Waals surface area contributed by atoms with E-state index in [-0.39, 0.29) is 0 Å². The molecule has 0 spiro atoms. The maximum absolute atomic E-state index is 11.8. The lowest BCUT2D eigenvalue weighted by molar-refractivity contribution is -0.120. The summed E-state index contributed by atoms with van der Waals surface area (Å²) < 4.78 is 1.59. The summed E-state index contributed by atoms with van der Waals surface area (Å²) >= 11 is 1.43. The molecule has 1 saturated carbocycles. The average Bonchev–Trinajstić information content (AvgIpc) is 2.85. The molecule has 0 aromatic carbocycles. The molecule has 1 heterocycles. The van der Waals surface area contributed by atoms with Gasteiger partial charge in [0.2, 0.25) is 5.16 Å². The van der Waals surface area contributed by atoms with Crippen molar-refractivity contribution in [1.82, 2.24) is 20.2 Å². The number of hydrogen-bond acceptors (Lipinski definition) is 5. The molecule has 0 atom stereocenters. The highest BCUT2D eigenvalue weighted by Crippen LogP contribution is 2.27. The van der Waals surface area contributed by atoms with Crippen LogP contribution in [0.5, 0.6) is 0 Å². The summed E-state index contributed by atoms with van der Waals surface area (Å²) in [5.74, 6) is 1.14. The standard InChI is InChI=1S/C9H14N4OS/c1-13-9(10-11-12-13)15-6-8(14)7-4-2-3-5-7/h7H,2-6H2,1H3. The van der Waals surface area contributed by atoms with Crippen molar-refractivity contribution in [2.75, 3.05) is 5.75 Å². The van der Waals surface area contributed by atoms with E-state index in [4.69, 9.17) is 0 Å². The van der Waals surface area contributed by atoms with E-state index < -0.39 is 0 Å². The Kier molecular flexibility index (Phi) is 3.35. The molecule has 0 unspecified atom stereocenters. The maximum Gasteiger partial charge on any atom is 0.209 e. The van der Waals surface area contributed by atoms with E-state index in [1.807, 2.05) is 0 Å². The lowest BCUT2D eigenvalue weighted by Crippen LogP contribution is -2.13. The second kappa shape index (κ2) is 4.74. The van der Waals surface area contributed by atoms with Crippen LogP contribution in [0.15, 0.2) is 5.16 Å². The van der Waals surface area contributed by atoms with E-state index in [1.165, 1.54) is 24.6 Å². The number of hydrogen-bond donors (Lipinski definition) is 0. The van der Waals surface area contributed by atoms with Gasteiger partial charge in [-0.15, -0.1) is 5.10 Å². The summed E-state index contributed by atoms with van der Waals surface area (Å²) in [6.07, 6.45) is 4.53. The summed E-state index contributed by atoms with van der Waals surface area (Å²) in [7, 11) is 1.78. The van der Waals surface area contributed by atoms with Crippen molar-refractivity contribution < 1.29 is 4.79 Å². The number of Topliss-reactive ketones (excluding diaryl/α,β-unsaturated/α-hetero) is 1. The third kappa shape index (κ3) is 2.56. The van der Waals surface area contributed by atoms with Crippen molar-refractivity contribution in [1.29, 1.82) is 0 Å². The van der Waals surface area contributed by atoms with Crippen molar-refractivity contribution in [3.63, 3.8) is 0 Å². The van der Waals surface area contributed by atoms with Crippen LogP contribution in [-0.2, 0) is 11.8 Å². The zero-order chi connectivity index (χ0) is 10.7. The van der Waals surface area contributed by atoms with E-state index >= 15 is 0 Å². The summed E-state index contributed by atoms with van der Waals surface area (Å²) in [6, 6.07) is 0. The highest BCUT2D eigenvalue weighted by molar-refractivity contribution is 7.99. The monoisotopic (exact) mass is 226 g/mol. The molecule has 0 bridgehead atoms. The van der Waals surface area contributed by atoms with E-state index in [2.05, 4.69) is 15.5 Å². The van der Waals surface area contributed by atoms with Crippen LogP contribution in [0.3, 0.4) is 0 Å². The van der Waals surface area contributed by atoms with E-state index in [0.29, 0.717) is 22.6 Å². The molecule has 0 amide bonds. The van der Waals surface area contributed by atoms with Crippen LogP contribution >= 0.6 is 11.8 Å². The first-order chi connectivity index (χ1) is 7.27.